The van der Waals surface area contributed by atoms with Crippen LogP contribution in [0.5, 0.6) is 0 Å². The van der Waals surface area contributed by atoms with Gasteiger partial charge in [-0.3, -0.25) is 14.4 Å². The number of unbranched alkanes of at least 4 members (excludes halogenated alkanes) is 33. The molecule has 75 heavy (non-hydrogen) atoms. The van der Waals surface area contributed by atoms with Crippen molar-refractivity contribution in [1.82, 2.24) is 0 Å². The van der Waals surface area contributed by atoms with Crippen molar-refractivity contribution < 1.29 is 28.6 Å². The molecule has 6 nitrogen and oxygen atoms in total. The Hall–Kier alpha value is -3.41. The predicted molar refractivity (Wildman–Crippen MR) is 325 cm³/mol. The van der Waals surface area contributed by atoms with Gasteiger partial charge in [-0.25, -0.2) is 0 Å². The third-order valence-electron chi connectivity index (χ3n) is 13.9. The molecule has 0 aliphatic carbocycles. The summed E-state index contributed by atoms with van der Waals surface area (Å²) in [5.41, 5.74) is 0. The van der Waals surface area contributed by atoms with Crippen LogP contribution in [0.1, 0.15) is 316 Å². The first-order chi connectivity index (χ1) is 37.0. The number of esters is 3. The van der Waals surface area contributed by atoms with Crippen molar-refractivity contribution in [3.63, 3.8) is 0 Å². The number of carbonyl (C=O) groups is 3. The topological polar surface area (TPSA) is 78.9 Å². The largest absolute Gasteiger partial charge is 0.462 e. The molecule has 0 fully saturated rings. The van der Waals surface area contributed by atoms with Gasteiger partial charge in [0, 0.05) is 19.3 Å². The van der Waals surface area contributed by atoms with Gasteiger partial charge in [0.1, 0.15) is 13.2 Å². The summed E-state index contributed by atoms with van der Waals surface area (Å²) >= 11 is 0. The number of hydrogen-bond acceptors (Lipinski definition) is 6. The summed E-state index contributed by atoms with van der Waals surface area (Å²) in [6, 6.07) is 0. The van der Waals surface area contributed by atoms with Crippen molar-refractivity contribution in [3.05, 3.63) is 85.1 Å². The van der Waals surface area contributed by atoms with E-state index < -0.39 is 6.10 Å². The van der Waals surface area contributed by atoms with Gasteiger partial charge in [-0.1, -0.05) is 292 Å². The van der Waals surface area contributed by atoms with Crippen molar-refractivity contribution in [1.29, 1.82) is 0 Å². The van der Waals surface area contributed by atoms with Crippen LogP contribution < -0.4 is 0 Å². The van der Waals surface area contributed by atoms with Crippen LogP contribution in [0.2, 0.25) is 0 Å². The van der Waals surface area contributed by atoms with Gasteiger partial charge < -0.3 is 14.2 Å². The van der Waals surface area contributed by atoms with E-state index in [2.05, 4.69) is 106 Å². The standard InChI is InChI=1S/C69H120O6/c1-4-7-10-13-16-19-22-25-28-31-33-34-36-39-41-44-47-50-53-56-59-62-68(71)74-65-66(75-69(72)63-60-57-54-51-48-45-42-37-30-27-24-21-18-15-12-9-6-3)64-73-67(70)61-58-55-52-49-46-43-40-38-35-32-29-26-23-20-17-14-11-8-5-2/h9,12,17-18,20-21,26-27,29-30,42,45,51,54,66H,4-8,10-11,13-16,19,22-25,28,31-41,43-44,46-50,52-53,55-65H2,1-3H3/b12-9-,20-17-,21-18-,29-26-,30-27-,45-42-,54-51-/t66-/m1/s1. The molecule has 0 bridgehead atoms. The van der Waals surface area contributed by atoms with E-state index >= 15 is 0 Å². The van der Waals surface area contributed by atoms with Crippen LogP contribution in [0.4, 0.5) is 0 Å². The first-order valence-electron chi connectivity index (χ1n) is 32.1. The molecule has 0 amide bonds. The highest BCUT2D eigenvalue weighted by Gasteiger charge is 2.19. The monoisotopic (exact) mass is 1040 g/mol. The van der Waals surface area contributed by atoms with Gasteiger partial charge >= 0.3 is 17.9 Å². The normalized spacial score (nSPS) is 12.6. The molecule has 0 rings (SSSR count). The van der Waals surface area contributed by atoms with Gasteiger partial charge in [-0.15, -0.1) is 0 Å². The lowest BCUT2D eigenvalue weighted by molar-refractivity contribution is -0.167. The Bertz CT molecular complexity index is 1430. The van der Waals surface area contributed by atoms with Crippen LogP contribution in [0.25, 0.3) is 0 Å². The molecular formula is C69H120O6. The quantitative estimate of drug-likeness (QED) is 0.0261. The van der Waals surface area contributed by atoms with Gasteiger partial charge in [0.2, 0.25) is 0 Å². The smallest absolute Gasteiger partial charge is 0.306 e. The fourth-order valence-electron chi connectivity index (χ4n) is 9.10. The lowest BCUT2D eigenvalue weighted by Gasteiger charge is -2.18. The first-order valence-corrected chi connectivity index (χ1v) is 32.1. The van der Waals surface area contributed by atoms with Crippen LogP contribution in [-0.4, -0.2) is 37.2 Å². The summed E-state index contributed by atoms with van der Waals surface area (Å²) in [5.74, 6) is -0.947. The minimum Gasteiger partial charge on any atom is -0.462 e. The Morgan fingerprint density at radius 3 is 0.880 bits per heavy atom. The number of ether oxygens (including phenoxy) is 3. The summed E-state index contributed by atoms with van der Waals surface area (Å²) in [6.45, 7) is 6.49. The van der Waals surface area contributed by atoms with Crippen molar-refractivity contribution >= 4 is 17.9 Å². The second kappa shape index (κ2) is 63.1. The van der Waals surface area contributed by atoms with Gasteiger partial charge in [-0.2, -0.15) is 0 Å². The van der Waals surface area contributed by atoms with E-state index in [1.165, 1.54) is 186 Å². The maximum absolute atomic E-state index is 12.9. The van der Waals surface area contributed by atoms with Crippen molar-refractivity contribution in [2.45, 2.75) is 322 Å². The molecule has 0 aromatic carbocycles. The zero-order chi connectivity index (χ0) is 54.3. The number of rotatable bonds is 58. The SMILES string of the molecule is CC/C=C\C/C=C\C/C=C\C/C=C\C/C=C\CCCC(=O)O[C@H](COC(=O)CCCCCCCCCCC/C=C\C/C=C\CCCCC)COC(=O)CCCCCCCCCCCCCCCCCCCCCCC. The summed E-state index contributed by atoms with van der Waals surface area (Å²) in [4.78, 5) is 38.3. The molecular weight excluding hydrogens is 925 g/mol. The molecule has 0 unspecified atom stereocenters. The van der Waals surface area contributed by atoms with E-state index in [9.17, 15) is 14.4 Å². The molecule has 0 saturated heterocycles. The molecule has 432 valence electrons. The van der Waals surface area contributed by atoms with E-state index in [1.807, 2.05) is 0 Å². The Morgan fingerprint density at radius 2 is 0.533 bits per heavy atom. The summed E-state index contributed by atoms with van der Waals surface area (Å²) in [7, 11) is 0. The highest BCUT2D eigenvalue weighted by Crippen LogP contribution is 2.17. The van der Waals surface area contributed by atoms with E-state index in [-0.39, 0.29) is 37.5 Å². The Labute approximate surface area is 465 Å². The van der Waals surface area contributed by atoms with E-state index in [0.717, 1.165) is 83.5 Å². The van der Waals surface area contributed by atoms with Gasteiger partial charge in [0.25, 0.3) is 0 Å². The predicted octanol–water partition coefficient (Wildman–Crippen LogP) is 21.9. The fraction of sp³-hybridized carbons (Fsp3) is 0.754. The van der Waals surface area contributed by atoms with Crippen LogP contribution in [0, 0.1) is 0 Å². The number of hydrogen-bond donors (Lipinski definition) is 0. The van der Waals surface area contributed by atoms with E-state index in [0.29, 0.717) is 19.3 Å². The zero-order valence-electron chi connectivity index (χ0n) is 49.6. The third kappa shape index (κ3) is 61.3. The molecule has 0 N–H and O–H groups in total. The lowest BCUT2D eigenvalue weighted by atomic mass is 10.0. The highest BCUT2D eigenvalue weighted by atomic mass is 16.6. The van der Waals surface area contributed by atoms with Crippen LogP contribution in [0.15, 0.2) is 85.1 Å². The van der Waals surface area contributed by atoms with Gasteiger partial charge in [-0.05, 0) is 89.9 Å². The molecule has 0 saturated carbocycles. The van der Waals surface area contributed by atoms with Crippen molar-refractivity contribution in [3.8, 4) is 0 Å². The molecule has 0 aromatic heterocycles. The van der Waals surface area contributed by atoms with Crippen LogP contribution >= 0.6 is 0 Å². The molecule has 0 spiro atoms. The number of allylic oxidation sites excluding steroid dienone is 14. The molecule has 0 radical (unpaired) electrons. The van der Waals surface area contributed by atoms with Crippen LogP contribution in [0.3, 0.4) is 0 Å². The molecule has 0 heterocycles. The Morgan fingerprint density at radius 1 is 0.280 bits per heavy atom. The highest BCUT2D eigenvalue weighted by molar-refractivity contribution is 5.71. The third-order valence-corrected chi connectivity index (χ3v) is 13.9. The van der Waals surface area contributed by atoms with Gasteiger partial charge in [0.05, 0.1) is 0 Å². The second-order valence-corrected chi connectivity index (χ2v) is 21.3. The Balaban J connectivity index is 4.41. The number of carbonyl (C=O) groups excluding carboxylic acids is 3. The lowest BCUT2D eigenvalue weighted by Crippen LogP contribution is -2.30. The van der Waals surface area contributed by atoms with Crippen LogP contribution in [-0.2, 0) is 28.6 Å². The molecule has 0 aliphatic heterocycles. The minimum atomic E-state index is -0.808. The summed E-state index contributed by atoms with van der Waals surface area (Å²) in [6.07, 6.45) is 83.1. The van der Waals surface area contributed by atoms with E-state index in [1.54, 1.807) is 0 Å². The summed E-state index contributed by atoms with van der Waals surface area (Å²) in [5, 5.41) is 0. The Kier molecular flexibility index (Phi) is 60.3. The van der Waals surface area contributed by atoms with E-state index in [4.69, 9.17) is 14.2 Å². The molecule has 0 aliphatic rings. The molecule has 0 aromatic rings. The first kappa shape index (κ1) is 71.6. The maximum Gasteiger partial charge on any atom is 0.306 e. The molecule has 6 heteroatoms. The average molecular weight is 1050 g/mol. The second-order valence-electron chi connectivity index (χ2n) is 21.3. The van der Waals surface area contributed by atoms with Crippen molar-refractivity contribution in [2.75, 3.05) is 13.2 Å². The van der Waals surface area contributed by atoms with Crippen molar-refractivity contribution in [2.24, 2.45) is 0 Å². The fourth-order valence-corrected chi connectivity index (χ4v) is 9.10. The maximum atomic E-state index is 12.9. The minimum absolute atomic E-state index is 0.0978. The molecule has 1 atom stereocenters. The van der Waals surface area contributed by atoms with Gasteiger partial charge in [0.15, 0.2) is 6.10 Å². The average Bonchev–Trinajstić information content (AvgIpc) is 3.41. The zero-order valence-corrected chi connectivity index (χ0v) is 49.6. The summed E-state index contributed by atoms with van der Waals surface area (Å²) < 4.78 is 16.9.